The Balaban J connectivity index is 1.50. The number of aryl methyl sites for hydroxylation is 1. The Bertz CT molecular complexity index is 1590. The Labute approximate surface area is 249 Å². The molecule has 0 N–H and O–H groups in total. The number of aromatic nitrogens is 1. The molecule has 2 fully saturated rings. The molecule has 0 spiro atoms. The predicted octanol–water partition coefficient (Wildman–Crippen LogP) is 4.93. The van der Waals surface area contributed by atoms with E-state index in [-0.39, 0.29) is 23.8 Å². The zero-order chi connectivity index (χ0) is 30.1. The van der Waals surface area contributed by atoms with Crippen molar-refractivity contribution in [1.82, 2.24) is 4.90 Å². The Morgan fingerprint density at radius 1 is 1.02 bits per heavy atom. The van der Waals surface area contributed by atoms with Crippen LogP contribution in [0.3, 0.4) is 0 Å². The van der Waals surface area contributed by atoms with E-state index < -0.39 is 21.3 Å². The highest BCUT2D eigenvalue weighted by Crippen LogP contribution is 2.54. The van der Waals surface area contributed by atoms with Crippen molar-refractivity contribution in [2.75, 3.05) is 6.54 Å². The largest absolute Gasteiger partial charge is 0.748 e. The molecule has 2 heterocycles. The Kier molecular flexibility index (Phi) is 8.76. The number of nitrogens with zero attached hydrogens (tertiary/aromatic N) is 2. The van der Waals surface area contributed by atoms with Crippen LogP contribution in [-0.2, 0) is 21.5 Å². The monoisotopic (exact) mass is 589 g/mol. The first-order valence-electron chi connectivity index (χ1n) is 15.2. The van der Waals surface area contributed by atoms with E-state index >= 15 is 0 Å². The fraction of sp³-hybridized carbons (Fsp3) is 0.471. The first-order chi connectivity index (χ1) is 20.0. The molecule has 3 unspecified atom stereocenters. The zero-order valence-electron chi connectivity index (χ0n) is 24.8. The van der Waals surface area contributed by atoms with E-state index in [4.69, 9.17) is 0 Å². The van der Waals surface area contributed by atoms with Gasteiger partial charge in [0.05, 0.1) is 20.9 Å². The number of likely N-dealkylation sites (tertiary alicyclic amines) is 1. The third-order valence-corrected chi connectivity index (χ3v) is 10.8. The molecule has 1 saturated carbocycles. The van der Waals surface area contributed by atoms with Crippen molar-refractivity contribution in [3.63, 3.8) is 0 Å². The van der Waals surface area contributed by atoms with Crippen LogP contribution in [0, 0.1) is 11.3 Å². The van der Waals surface area contributed by atoms with Crippen molar-refractivity contribution >= 4 is 44.0 Å². The highest BCUT2D eigenvalue weighted by molar-refractivity contribution is 7.86. The normalized spacial score (nSPS) is 23.3. The second kappa shape index (κ2) is 12.2. The van der Waals surface area contributed by atoms with Gasteiger partial charge in [0.2, 0.25) is 11.0 Å². The molecule has 2 aromatic carbocycles. The van der Waals surface area contributed by atoms with Gasteiger partial charge in [-0.15, -0.1) is 0 Å². The Hall–Kier alpha value is -3.23. The summed E-state index contributed by atoms with van der Waals surface area (Å²) in [5.41, 5.74) is 4.34. The highest BCUT2D eigenvalue weighted by Gasteiger charge is 2.52. The van der Waals surface area contributed by atoms with Crippen LogP contribution in [0.15, 0.2) is 66.4 Å². The number of fused-ring (bicyclic) bond motifs is 3. The lowest BCUT2D eigenvalue weighted by Gasteiger charge is -2.38. The number of aliphatic carboxylic acids is 1. The molecule has 5 rings (SSSR count). The van der Waals surface area contributed by atoms with Crippen molar-refractivity contribution in [1.29, 1.82) is 0 Å². The highest BCUT2D eigenvalue weighted by atomic mass is 32.2. The molecule has 224 valence electrons. The Morgan fingerprint density at radius 3 is 2.26 bits per heavy atom. The molecule has 0 radical (unpaired) electrons. The number of carbonyl (C=O) groups is 1. The van der Waals surface area contributed by atoms with Gasteiger partial charge in [0, 0.05) is 59.0 Å². The molecular weight excluding hydrogens is 548 g/mol. The lowest BCUT2D eigenvalue weighted by atomic mass is 9.70. The van der Waals surface area contributed by atoms with Crippen LogP contribution >= 0.6 is 0 Å². The number of rotatable bonds is 10. The maximum atomic E-state index is 11.9. The van der Waals surface area contributed by atoms with Gasteiger partial charge in [0.15, 0.2) is 0 Å². The van der Waals surface area contributed by atoms with Crippen LogP contribution in [0.25, 0.3) is 27.9 Å². The molecule has 0 bridgehead atoms. The summed E-state index contributed by atoms with van der Waals surface area (Å²) in [6.07, 6.45) is 10.5. The van der Waals surface area contributed by atoms with E-state index in [1.807, 2.05) is 0 Å². The molecule has 3 atom stereocenters. The number of hydrogen-bond acceptors (Lipinski definition) is 6. The number of carboxylic acid groups (broad SMARTS) is 1. The van der Waals surface area contributed by atoms with Crippen molar-refractivity contribution < 1.29 is 27.4 Å². The van der Waals surface area contributed by atoms with Gasteiger partial charge in [-0.25, -0.2) is 8.42 Å². The van der Waals surface area contributed by atoms with E-state index in [1.54, 1.807) is 0 Å². The van der Waals surface area contributed by atoms with Crippen molar-refractivity contribution in [2.45, 2.75) is 83.6 Å². The van der Waals surface area contributed by atoms with Crippen LogP contribution in [0.5, 0.6) is 0 Å². The molecule has 1 aliphatic heterocycles. The average Bonchev–Trinajstić information content (AvgIpc) is 3.17. The van der Waals surface area contributed by atoms with Gasteiger partial charge < -0.3 is 19.4 Å². The van der Waals surface area contributed by atoms with Gasteiger partial charge in [-0.05, 0) is 69.6 Å². The Morgan fingerprint density at radius 2 is 1.67 bits per heavy atom. The second-order valence-corrected chi connectivity index (χ2v) is 14.0. The molecule has 7 nitrogen and oxygen atoms in total. The maximum absolute atomic E-state index is 11.9. The summed E-state index contributed by atoms with van der Waals surface area (Å²) in [7, 11) is -4.30. The first kappa shape index (κ1) is 30.2. The summed E-state index contributed by atoms with van der Waals surface area (Å²) in [5, 5.41) is 12.3. The number of benzene rings is 2. The number of unbranched alkanes of at least 4 members (excludes halogenated alkanes) is 2. The van der Waals surface area contributed by atoms with E-state index in [0.29, 0.717) is 19.3 Å². The van der Waals surface area contributed by atoms with Crippen molar-refractivity contribution in [3.05, 3.63) is 71.9 Å². The lowest BCUT2D eigenvalue weighted by Crippen LogP contribution is -2.41. The topological polar surface area (TPSA) is 104 Å². The SMILES string of the molecule is CCN1/C(=C/C=C/c2c3ccccc3[n+](CCCCCC(=O)[O-])c3ccccc23)C(C)(C)C2CC(S(=O)(=O)[O-])CCC21. The van der Waals surface area contributed by atoms with Crippen molar-refractivity contribution in [3.8, 4) is 0 Å². The summed E-state index contributed by atoms with van der Waals surface area (Å²) in [4.78, 5) is 13.2. The lowest BCUT2D eigenvalue weighted by molar-refractivity contribution is -0.645. The van der Waals surface area contributed by atoms with Crippen molar-refractivity contribution in [2.24, 2.45) is 11.3 Å². The first-order valence-corrected chi connectivity index (χ1v) is 16.6. The van der Waals surface area contributed by atoms with Gasteiger partial charge in [-0.2, -0.15) is 4.57 Å². The molecule has 1 saturated heterocycles. The number of para-hydroxylation sites is 2. The standard InChI is InChI=1S/C34H42N2O5S/c1-4-35-31-21-20-24(42(39,40)41)23-28(31)34(2,3)32(35)18-12-15-25-26-13-7-9-16-29(26)36(22-11-5-6-19-33(37)38)30-17-10-8-14-27(25)30/h7-10,12-18,24,28,31H,4-6,11,19-23H2,1-3H3,(H-,37,38,39,40,41)/p-1. The second-order valence-electron chi connectivity index (χ2n) is 12.3. The quantitative estimate of drug-likeness (QED) is 0.144. The number of allylic oxidation sites excluding steroid dienone is 3. The van der Waals surface area contributed by atoms with Gasteiger partial charge >= 0.3 is 0 Å². The van der Waals surface area contributed by atoms with E-state index in [0.717, 1.165) is 59.7 Å². The average molecular weight is 590 g/mol. The summed E-state index contributed by atoms with van der Waals surface area (Å²) in [5.74, 6) is -0.880. The molecular formula is C34H41N2O5S-. The molecule has 8 heteroatoms. The van der Waals surface area contributed by atoms with Crippen LogP contribution < -0.4 is 9.67 Å². The van der Waals surface area contributed by atoms with Crippen LogP contribution in [-0.4, -0.2) is 41.7 Å². The third-order valence-electron chi connectivity index (χ3n) is 9.56. The molecule has 1 aromatic heterocycles. The number of hydrogen-bond donors (Lipinski definition) is 0. The van der Waals surface area contributed by atoms with Gasteiger partial charge in [0.25, 0.3) is 0 Å². The van der Waals surface area contributed by atoms with Crippen LogP contribution in [0.1, 0.15) is 71.3 Å². The molecule has 42 heavy (non-hydrogen) atoms. The minimum absolute atomic E-state index is 0.0947. The predicted molar refractivity (Wildman–Crippen MR) is 163 cm³/mol. The van der Waals surface area contributed by atoms with Gasteiger partial charge in [0.1, 0.15) is 6.54 Å². The number of carboxylic acids is 1. The number of pyridine rings is 1. The summed E-state index contributed by atoms with van der Waals surface area (Å²) < 4.78 is 38.0. The summed E-state index contributed by atoms with van der Waals surface area (Å²) in [6, 6.07) is 17.0. The molecule has 1 aliphatic carbocycles. The van der Waals surface area contributed by atoms with E-state index in [1.165, 1.54) is 5.70 Å². The molecule has 0 amide bonds. The smallest absolute Gasteiger partial charge is 0.213 e. The minimum Gasteiger partial charge on any atom is -0.748 e. The van der Waals surface area contributed by atoms with Crippen LogP contribution in [0.4, 0.5) is 0 Å². The molecule has 2 aliphatic rings. The fourth-order valence-corrected chi connectivity index (χ4v) is 8.37. The van der Waals surface area contributed by atoms with Crippen LogP contribution in [0.2, 0.25) is 0 Å². The van der Waals surface area contributed by atoms with Gasteiger partial charge in [-0.3, -0.25) is 0 Å². The maximum Gasteiger partial charge on any atom is 0.213 e. The summed E-state index contributed by atoms with van der Waals surface area (Å²) >= 11 is 0. The summed E-state index contributed by atoms with van der Waals surface area (Å²) in [6.45, 7) is 8.14. The molecule has 3 aromatic rings. The van der Waals surface area contributed by atoms with E-state index in [9.17, 15) is 22.9 Å². The fourth-order valence-electron chi connectivity index (χ4n) is 7.50. The van der Waals surface area contributed by atoms with Gasteiger partial charge in [-0.1, -0.05) is 50.3 Å². The zero-order valence-corrected chi connectivity index (χ0v) is 25.6. The number of carbonyl (C=O) groups excluding carboxylic acids is 1. The van der Waals surface area contributed by atoms with E-state index in [2.05, 4.69) is 97.0 Å². The minimum atomic E-state index is -4.30. The third kappa shape index (κ3) is 5.84.